The molecule has 0 bridgehead atoms. The lowest BCUT2D eigenvalue weighted by Crippen LogP contribution is -2.33. The predicted molar refractivity (Wildman–Crippen MR) is 84.7 cm³/mol. The molecule has 0 radical (unpaired) electrons. The molecule has 0 atom stereocenters. The number of nitrogen functional groups attached to an aromatic ring is 1. The van der Waals surface area contributed by atoms with Gasteiger partial charge in [0.15, 0.2) is 0 Å². The topological polar surface area (TPSA) is 64.2 Å². The van der Waals surface area contributed by atoms with Crippen molar-refractivity contribution in [2.75, 3.05) is 5.73 Å². The number of nitrogens with two attached hydrogens (primary N) is 1. The molecular weight excluding hydrogens is 332 g/mol. The summed E-state index contributed by atoms with van der Waals surface area (Å²) in [5, 5.41) is 0. The number of rotatable bonds is 4. The summed E-state index contributed by atoms with van der Waals surface area (Å²) in [7, 11) is 1.94. The summed E-state index contributed by atoms with van der Waals surface area (Å²) in [6.07, 6.45) is 5.76. The summed E-state index contributed by atoms with van der Waals surface area (Å²) >= 11 is 3.35. The van der Waals surface area contributed by atoms with E-state index in [1.165, 1.54) is 0 Å². The van der Waals surface area contributed by atoms with Gasteiger partial charge in [0.1, 0.15) is 5.82 Å². The Morgan fingerprint density at radius 2 is 2.29 bits per heavy atom. The number of imidazole rings is 1. The van der Waals surface area contributed by atoms with Gasteiger partial charge in [-0.25, -0.2) is 4.98 Å². The first-order valence-electron chi connectivity index (χ1n) is 6.88. The fourth-order valence-corrected chi connectivity index (χ4v) is 2.54. The molecular formula is C15H17BrN4O. The summed E-state index contributed by atoms with van der Waals surface area (Å²) in [6.45, 7) is 0.531. The quantitative estimate of drug-likeness (QED) is 0.863. The van der Waals surface area contributed by atoms with Crippen LogP contribution in [-0.4, -0.2) is 26.4 Å². The van der Waals surface area contributed by atoms with Crippen molar-refractivity contribution in [3.05, 3.63) is 46.5 Å². The normalized spacial score (nSPS) is 14.2. The number of carbonyl (C=O) groups is 1. The van der Waals surface area contributed by atoms with Crippen LogP contribution in [0.15, 0.2) is 35.1 Å². The molecule has 0 spiro atoms. The second kappa shape index (κ2) is 5.52. The number of aryl methyl sites for hydroxylation is 1. The Labute approximate surface area is 131 Å². The standard InChI is InChI=1S/C15H17BrN4O/c1-19-7-6-18-14(19)9-20(11-3-4-11)15(21)10-2-5-12(16)13(17)8-10/h2,5-8,11H,3-4,9,17H2,1H3. The molecule has 0 unspecified atom stereocenters. The molecule has 1 aliphatic carbocycles. The number of benzene rings is 1. The molecule has 6 heteroatoms. The highest BCUT2D eigenvalue weighted by molar-refractivity contribution is 9.10. The van der Waals surface area contributed by atoms with E-state index in [0.29, 0.717) is 23.8 Å². The fraction of sp³-hybridized carbons (Fsp3) is 0.333. The number of hydrogen-bond acceptors (Lipinski definition) is 3. The molecule has 2 N–H and O–H groups in total. The Hall–Kier alpha value is -1.82. The van der Waals surface area contributed by atoms with Crippen LogP contribution in [0.25, 0.3) is 0 Å². The van der Waals surface area contributed by atoms with E-state index in [1.807, 2.05) is 28.8 Å². The molecule has 1 fully saturated rings. The van der Waals surface area contributed by atoms with Gasteiger partial charge in [-0.2, -0.15) is 0 Å². The maximum atomic E-state index is 12.7. The van der Waals surface area contributed by atoms with Crippen LogP contribution < -0.4 is 5.73 Å². The van der Waals surface area contributed by atoms with Crippen molar-refractivity contribution in [3.63, 3.8) is 0 Å². The fourth-order valence-electron chi connectivity index (χ4n) is 2.30. The van der Waals surface area contributed by atoms with Crippen molar-refractivity contribution in [2.24, 2.45) is 7.05 Å². The van der Waals surface area contributed by atoms with Gasteiger partial charge in [0.25, 0.3) is 5.91 Å². The van der Waals surface area contributed by atoms with Gasteiger partial charge in [0, 0.05) is 41.2 Å². The molecule has 21 heavy (non-hydrogen) atoms. The zero-order valence-corrected chi connectivity index (χ0v) is 13.4. The lowest BCUT2D eigenvalue weighted by atomic mass is 10.1. The number of halogens is 1. The highest BCUT2D eigenvalue weighted by Crippen LogP contribution is 2.30. The minimum atomic E-state index is 0.0136. The number of amides is 1. The van der Waals surface area contributed by atoms with Crippen molar-refractivity contribution >= 4 is 27.5 Å². The average molecular weight is 349 g/mol. The van der Waals surface area contributed by atoms with Gasteiger partial charge < -0.3 is 15.2 Å². The minimum absolute atomic E-state index is 0.0136. The number of aromatic nitrogens is 2. The summed E-state index contributed by atoms with van der Waals surface area (Å²) in [4.78, 5) is 18.9. The van der Waals surface area contributed by atoms with Gasteiger partial charge in [-0.05, 0) is 47.0 Å². The van der Waals surface area contributed by atoms with Crippen LogP contribution in [0.5, 0.6) is 0 Å². The maximum absolute atomic E-state index is 12.7. The average Bonchev–Trinajstić information content (AvgIpc) is 3.22. The molecule has 1 aliphatic rings. The third-order valence-electron chi connectivity index (χ3n) is 3.72. The molecule has 110 valence electrons. The third kappa shape index (κ3) is 2.95. The Morgan fingerprint density at radius 1 is 1.52 bits per heavy atom. The second-order valence-electron chi connectivity index (χ2n) is 5.35. The number of carbonyl (C=O) groups excluding carboxylic acids is 1. The zero-order valence-electron chi connectivity index (χ0n) is 11.8. The van der Waals surface area contributed by atoms with Gasteiger partial charge in [-0.1, -0.05) is 0 Å². The number of anilines is 1. The van der Waals surface area contributed by atoms with Crippen molar-refractivity contribution in [1.29, 1.82) is 0 Å². The van der Waals surface area contributed by atoms with Crippen molar-refractivity contribution in [2.45, 2.75) is 25.4 Å². The summed E-state index contributed by atoms with van der Waals surface area (Å²) in [6, 6.07) is 5.66. The van der Waals surface area contributed by atoms with Gasteiger partial charge in [0.2, 0.25) is 0 Å². The van der Waals surface area contributed by atoms with Crippen molar-refractivity contribution < 1.29 is 4.79 Å². The molecule has 1 heterocycles. The van der Waals surface area contributed by atoms with Gasteiger partial charge >= 0.3 is 0 Å². The van der Waals surface area contributed by atoms with Crippen LogP contribution in [0.3, 0.4) is 0 Å². The van der Waals surface area contributed by atoms with Crippen LogP contribution in [0.4, 0.5) is 5.69 Å². The van der Waals surface area contributed by atoms with Crippen LogP contribution in [-0.2, 0) is 13.6 Å². The third-order valence-corrected chi connectivity index (χ3v) is 4.45. The van der Waals surface area contributed by atoms with Crippen molar-refractivity contribution in [1.82, 2.24) is 14.5 Å². The van der Waals surface area contributed by atoms with Gasteiger partial charge in [-0.3, -0.25) is 4.79 Å². The molecule has 0 aliphatic heterocycles. The van der Waals surface area contributed by atoms with E-state index in [0.717, 1.165) is 23.1 Å². The monoisotopic (exact) mass is 348 g/mol. The zero-order chi connectivity index (χ0) is 15.0. The highest BCUT2D eigenvalue weighted by Gasteiger charge is 2.33. The molecule has 1 amide bonds. The van der Waals surface area contributed by atoms with E-state index >= 15 is 0 Å². The minimum Gasteiger partial charge on any atom is -0.398 e. The highest BCUT2D eigenvalue weighted by atomic mass is 79.9. The van der Waals surface area contributed by atoms with Gasteiger partial charge in [-0.15, -0.1) is 0 Å². The summed E-state index contributed by atoms with van der Waals surface area (Å²) in [5.74, 6) is 0.903. The van der Waals surface area contributed by atoms with E-state index < -0.39 is 0 Å². The van der Waals surface area contributed by atoms with Crippen LogP contribution >= 0.6 is 15.9 Å². The molecule has 0 saturated heterocycles. The summed E-state index contributed by atoms with van der Waals surface area (Å²) < 4.78 is 2.75. The first-order valence-corrected chi connectivity index (χ1v) is 7.68. The largest absolute Gasteiger partial charge is 0.398 e. The Balaban J connectivity index is 1.85. The van der Waals surface area contributed by atoms with E-state index in [-0.39, 0.29) is 5.91 Å². The predicted octanol–water partition coefficient (Wildman–Crippen LogP) is 2.57. The van der Waals surface area contributed by atoms with Crippen molar-refractivity contribution in [3.8, 4) is 0 Å². The lowest BCUT2D eigenvalue weighted by molar-refractivity contribution is 0.0724. The van der Waals surface area contributed by atoms with E-state index in [1.54, 1.807) is 18.3 Å². The van der Waals surface area contributed by atoms with Gasteiger partial charge in [0.05, 0.1) is 6.54 Å². The number of hydrogen-bond donors (Lipinski definition) is 1. The van der Waals surface area contributed by atoms with Crippen LogP contribution in [0.1, 0.15) is 29.0 Å². The molecule has 2 aromatic rings. The molecule has 1 saturated carbocycles. The smallest absolute Gasteiger partial charge is 0.254 e. The molecule has 1 aromatic heterocycles. The Morgan fingerprint density at radius 3 is 2.86 bits per heavy atom. The molecule has 5 nitrogen and oxygen atoms in total. The Bertz CT molecular complexity index is 678. The molecule has 1 aromatic carbocycles. The SMILES string of the molecule is Cn1ccnc1CN(C(=O)c1ccc(Br)c(N)c1)C1CC1. The maximum Gasteiger partial charge on any atom is 0.254 e. The Kier molecular flexibility index (Phi) is 3.71. The van der Waals surface area contributed by atoms with E-state index in [9.17, 15) is 4.79 Å². The first kappa shape index (κ1) is 14.1. The lowest BCUT2D eigenvalue weighted by Gasteiger charge is -2.22. The van der Waals surface area contributed by atoms with E-state index in [4.69, 9.17) is 5.73 Å². The number of nitrogens with zero attached hydrogens (tertiary/aromatic N) is 3. The second-order valence-corrected chi connectivity index (χ2v) is 6.21. The van der Waals surface area contributed by atoms with Crippen LogP contribution in [0, 0.1) is 0 Å². The first-order chi connectivity index (χ1) is 10.1. The van der Waals surface area contributed by atoms with E-state index in [2.05, 4.69) is 20.9 Å². The summed E-state index contributed by atoms with van der Waals surface area (Å²) in [5.41, 5.74) is 7.08. The van der Waals surface area contributed by atoms with Crippen LogP contribution in [0.2, 0.25) is 0 Å². The molecule has 3 rings (SSSR count).